The highest BCUT2D eigenvalue weighted by molar-refractivity contribution is 7.91. The first kappa shape index (κ1) is 16.1. The van der Waals surface area contributed by atoms with E-state index in [1.807, 2.05) is 6.92 Å². The molecule has 1 aliphatic heterocycles. The molecular formula is C16H26N2O2S. The van der Waals surface area contributed by atoms with Crippen molar-refractivity contribution in [3.63, 3.8) is 0 Å². The molecule has 0 spiro atoms. The van der Waals surface area contributed by atoms with Crippen molar-refractivity contribution in [3.05, 3.63) is 23.8 Å². The third-order valence-corrected chi connectivity index (χ3v) is 5.91. The Hall–Kier alpha value is -1.23. The third kappa shape index (κ3) is 4.37. The molecule has 0 amide bonds. The maximum absolute atomic E-state index is 11.7. The Morgan fingerprint density at radius 2 is 1.95 bits per heavy atom. The van der Waals surface area contributed by atoms with E-state index in [0.717, 1.165) is 18.8 Å². The summed E-state index contributed by atoms with van der Waals surface area (Å²) in [5.41, 5.74) is 3.46. The molecule has 1 saturated heterocycles. The Bertz CT molecular complexity index is 578. The average Bonchev–Trinajstić information content (AvgIpc) is 2.94. The molecule has 0 radical (unpaired) electrons. The van der Waals surface area contributed by atoms with Gasteiger partial charge in [-0.25, -0.2) is 8.42 Å². The number of hydrogen-bond acceptors (Lipinski definition) is 4. The first-order chi connectivity index (χ1) is 9.91. The number of anilines is 2. The standard InChI is InChI=1S/C16H26N2O2S/c1-4-21(19,20)12-14(3)17-16-8-7-15(11-13(16)2)18-9-5-6-10-18/h7-8,11,14,17H,4-6,9-10,12H2,1-3H3. The fourth-order valence-electron chi connectivity index (χ4n) is 2.79. The van der Waals surface area contributed by atoms with Gasteiger partial charge >= 0.3 is 0 Å². The van der Waals surface area contributed by atoms with Crippen molar-refractivity contribution in [2.75, 3.05) is 34.8 Å². The molecule has 4 nitrogen and oxygen atoms in total. The van der Waals surface area contributed by atoms with Crippen LogP contribution in [0.5, 0.6) is 0 Å². The van der Waals surface area contributed by atoms with E-state index in [2.05, 4.69) is 35.3 Å². The molecule has 0 saturated carbocycles. The van der Waals surface area contributed by atoms with Crippen LogP contribution in [0.15, 0.2) is 18.2 Å². The highest BCUT2D eigenvalue weighted by Crippen LogP contribution is 2.26. The average molecular weight is 310 g/mol. The number of nitrogens with zero attached hydrogens (tertiary/aromatic N) is 1. The lowest BCUT2D eigenvalue weighted by Gasteiger charge is -2.21. The van der Waals surface area contributed by atoms with Crippen LogP contribution in [0, 0.1) is 6.92 Å². The van der Waals surface area contributed by atoms with E-state index >= 15 is 0 Å². The van der Waals surface area contributed by atoms with Crippen molar-refractivity contribution in [1.82, 2.24) is 0 Å². The second kappa shape index (κ2) is 6.69. The number of nitrogens with one attached hydrogen (secondary N) is 1. The highest BCUT2D eigenvalue weighted by atomic mass is 32.2. The minimum atomic E-state index is -2.94. The summed E-state index contributed by atoms with van der Waals surface area (Å²) in [5, 5.41) is 3.32. The van der Waals surface area contributed by atoms with Crippen LogP contribution in [0.3, 0.4) is 0 Å². The summed E-state index contributed by atoms with van der Waals surface area (Å²) in [6.45, 7) is 7.96. The van der Waals surface area contributed by atoms with E-state index in [4.69, 9.17) is 0 Å². The van der Waals surface area contributed by atoms with Crippen molar-refractivity contribution in [3.8, 4) is 0 Å². The van der Waals surface area contributed by atoms with Crippen LogP contribution in [0.2, 0.25) is 0 Å². The Kier molecular flexibility index (Phi) is 5.14. The summed E-state index contributed by atoms with van der Waals surface area (Å²) in [6, 6.07) is 6.31. The van der Waals surface area contributed by atoms with Gasteiger partial charge in [0.2, 0.25) is 0 Å². The SMILES string of the molecule is CCS(=O)(=O)CC(C)Nc1ccc(N2CCCC2)cc1C. The second-order valence-corrected chi connectivity index (χ2v) is 8.34. The van der Waals surface area contributed by atoms with E-state index in [9.17, 15) is 8.42 Å². The van der Waals surface area contributed by atoms with Crippen LogP contribution in [0.4, 0.5) is 11.4 Å². The first-order valence-corrected chi connectivity index (χ1v) is 9.56. The molecule has 1 aromatic rings. The zero-order valence-electron chi connectivity index (χ0n) is 13.2. The summed E-state index contributed by atoms with van der Waals surface area (Å²) in [4.78, 5) is 2.40. The summed E-state index contributed by atoms with van der Waals surface area (Å²) in [5.74, 6) is 0.378. The van der Waals surface area contributed by atoms with Gasteiger partial charge in [-0.2, -0.15) is 0 Å². The topological polar surface area (TPSA) is 49.4 Å². The Morgan fingerprint density at radius 3 is 2.52 bits per heavy atom. The molecular weight excluding hydrogens is 284 g/mol. The number of benzene rings is 1. The van der Waals surface area contributed by atoms with Gasteiger partial charge in [0, 0.05) is 36.3 Å². The summed E-state index contributed by atoms with van der Waals surface area (Å²) < 4.78 is 23.3. The minimum Gasteiger partial charge on any atom is -0.381 e. The maximum Gasteiger partial charge on any atom is 0.152 e. The normalized spacial score (nSPS) is 17.0. The van der Waals surface area contributed by atoms with Crippen molar-refractivity contribution in [2.45, 2.75) is 39.7 Å². The van der Waals surface area contributed by atoms with Crippen LogP contribution in [0.1, 0.15) is 32.3 Å². The zero-order chi connectivity index (χ0) is 15.5. The lowest BCUT2D eigenvalue weighted by atomic mass is 10.1. The molecule has 1 N–H and O–H groups in total. The molecule has 0 bridgehead atoms. The second-order valence-electron chi connectivity index (χ2n) is 5.94. The third-order valence-electron chi connectivity index (χ3n) is 4.03. The van der Waals surface area contributed by atoms with E-state index in [-0.39, 0.29) is 17.5 Å². The molecule has 21 heavy (non-hydrogen) atoms. The quantitative estimate of drug-likeness (QED) is 0.878. The van der Waals surface area contributed by atoms with Gasteiger partial charge in [-0.1, -0.05) is 6.92 Å². The van der Waals surface area contributed by atoms with Crippen molar-refractivity contribution in [2.24, 2.45) is 0 Å². The van der Waals surface area contributed by atoms with Gasteiger partial charge < -0.3 is 10.2 Å². The highest BCUT2D eigenvalue weighted by Gasteiger charge is 2.16. The molecule has 0 aliphatic carbocycles. The summed E-state index contributed by atoms with van der Waals surface area (Å²) in [7, 11) is -2.94. The molecule has 5 heteroatoms. The van der Waals surface area contributed by atoms with Crippen molar-refractivity contribution < 1.29 is 8.42 Å². The predicted octanol–water partition coefficient (Wildman–Crippen LogP) is 2.83. The number of aryl methyl sites for hydroxylation is 1. The molecule has 0 aromatic heterocycles. The van der Waals surface area contributed by atoms with Gasteiger partial charge in [-0.05, 0) is 50.5 Å². The van der Waals surface area contributed by atoms with Crippen molar-refractivity contribution >= 4 is 21.2 Å². The van der Waals surface area contributed by atoms with Crippen molar-refractivity contribution in [1.29, 1.82) is 0 Å². The molecule has 1 fully saturated rings. The number of hydrogen-bond donors (Lipinski definition) is 1. The molecule has 1 aromatic carbocycles. The largest absolute Gasteiger partial charge is 0.381 e. The van der Waals surface area contributed by atoms with E-state index in [1.54, 1.807) is 6.92 Å². The molecule has 1 atom stereocenters. The van der Waals surface area contributed by atoms with Crippen LogP contribution in [-0.4, -0.2) is 39.1 Å². The minimum absolute atomic E-state index is 0.0775. The molecule has 1 aliphatic rings. The first-order valence-electron chi connectivity index (χ1n) is 7.74. The van der Waals surface area contributed by atoms with E-state index in [1.165, 1.54) is 24.1 Å². The van der Waals surface area contributed by atoms with Gasteiger partial charge in [-0.15, -0.1) is 0 Å². The van der Waals surface area contributed by atoms with Gasteiger partial charge in [0.05, 0.1) is 5.75 Å². The number of sulfone groups is 1. The monoisotopic (exact) mass is 310 g/mol. The Balaban J connectivity index is 2.03. The van der Waals surface area contributed by atoms with Crippen LogP contribution in [-0.2, 0) is 9.84 Å². The fourth-order valence-corrected chi connectivity index (χ4v) is 3.87. The Labute approximate surface area is 128 Å². The lowest BCUT2D eigenvalue weighted by Crippen LogP contribution is -2.27. The number of rotatable bonds is 6. The van der Waals surface area contributed by atoms with Crippen LogP contribution in [0.25, 0.3) is 0 Å². The zero-order valence-corrected chi connectivity index (χ0v) is 14.0. The van der Waals surface area contributed by atoms with Gasteiger partial charge in [0.1, 0.15) is 0 Å². The predicted molar refractivity (Wildman–Crippen MR) is 90.0 cm³/mol. The van der Waals surface area contributed by atoms with Gasteiger partial charge in [-0.3, -0.25) is 0 Å². The summed E-state index contributed by atoms with van der Waals surface area (Å²) in [6.07, 6.45) is 2.54. The van der Waals surface area contributed by atoms with Gasteiger partial charge in [0.25, 0.3) is 0 Å². The fraction of sp³-hybridized carbons (Fsp3) is 0.625. The Morgan fingerprint density at radius 1 is 1.29 bits per heavy atom. The molecule has 1 heterocycles. The molecule has 2 rings (SSSR count). The van der Waals surface area contributed by atoms with Gasteiger partial charge in [0.15, 0.2) is 9.84 Å². The summed E-state index contributed by atoms with van der Waals surface area (Å²) >= 11 is 0. The van der Waals surface area contributed by atoms with Crippen LogP contribution >= 0.6 is 0 Å². The maximum atomic E-state index is 11.7. The molecule has 118 valence electrons. The molecule has 1 unspecified atom stereocenters. The van der Waals surface area contributed by atoms with Crippen LogP contribution < -0.4 is 10.2 Å². The lowest BCUT2D eigenvalue weighted by molar-refractivity contribution is 0.593. The van der Waals surface area contributed by atoms with E-state index < -0.39 is 9.84 Å². The smallest absolute Gasteiger partial charge is 0.152 e. The van der Waals surface area contributed by atoms with E-state index in [0.29, 0.717) is 0 Å².